The number of anilines is 1. The first-order chi connectivity index (χ1) is 11.7. The van der Waals surface area contributed by atoms with E-state index in [1.54, 1.807) is 6.20 Å². The number of carbonyl (C=O) groups is 1. The summed E-state index contributed by atoms with van der Waals surface area (Å²) < 4.78 is 12.9. The first kappa shape index (κ1) is 15.8. The van der Waals surface area contributed by atoms with Crippen molar-refractivity contribution in [2.75, 3.05) is 11.9 Å². The highest BCUT2D eigenvalue weighted by Crippen LogP contribution is 2.19. The normalized spacial score (nSPS) is 13.8. The summed E-state index contributed by atoms with van der Waals surface area (Å²) in [5, 5.41) is 11.9. The van der Waals surface area contributed by atoms with Gasteiger partial charge in [-0.15, -0.1) is 0 Å². The summed E-state index contributed by atoms with van der Waals surface area (Å²) in [6.45, 7) is 1.43. The van der Waals surface area contributed by atoms with Crippen LogP contribution >= 0.6 is 0 Å². The average Bonchev–Trinajstić information content (AvgIpc) is 2.61. The molecule has 5 heteroatoms. The van der Waals surface area contributed by atoms with Crippen LogP contribution in [-0.2, 0) is 17.8 Å². The highest BCUT2D eigenvalue weighted by molar-refractivity contribution is 6.06. The maximum absolute atomic E-state index is 12.9. The molecule has 2 aromatic rings. The van der Waals surface area contributed by atoms with Gasteiger partial charge in [-0.05, 0) is 41.8 Å². The number of fused-ring (bicyclic) bond motifs is 1. The number of nitriles is 1. The number of nitrogens with one attached hydrogen (secondary N) is 1. The average molecular weight is 321 g/mol. The Balaban J connectivity index is 1.72. The molecule has 0 aliphatic carbocycles. The minimum absolute atomic E-state index is 0.0266. The number of carbonyl (C=O) groups excluding carboxylic acids is 1. The third-order valence-electron chi connectivity index (χ3n) is 3.94. The van der Waals surface area contributed by atoms with Gasteiger partial charge in [0.15, 0.2) is 0 Å². The summed E-state index contributed by atoms with van der Waals surface area (Å²) >= 11 is 0. The van der Waals surface area contributed by atoms with Crippen LogP contribution in [0.15, 0.2) is 60.3 Å². The molecule has 0 radical (unpaired) electrons. The molecule has 1 aliphatic heterocycles. The standard InChI is InChI=1S/C19H16FN3O/c20-17-5-7-18(8-6-17)22-19(24)16(11-21)13-23-10-9-14-3-1-2-4-15(14)12-23/h1-8,13H,9-10,12H2,(H,22,24)/b16-13-. The molecule has 1 aliphatic rings. The van der Waals surface area contributed by atoms with E-state index in [0.717, 1.165) is 13.0 Å². The molecule has 0 saturated heterocycles. The van der Waals surface area contributed by atoms with Gasteiger partial charge in [0.25, 0.3) is 5.91 Å². The Bertz CT molecular complexity index is 821. The van der Waals surface area contributed by atoms with Gasteiger partial charge in [-0.1, -0.05) is 24.3 Å². The minimum Gasteiger partial charge on any atom is -0.371 e. The summed E-state index contributed by atoms with van der Waals surface area (Å²) in [6.07, 6.45) is 2.47. The predicted molar refractivity (Wildman–Crippen MR) is 89.3 cm³/mol. The SMILES string of the molecule is N#C/C(=C/N1CCc2ccccc2C1)C(=O)Nc1ccc(F)cc1. The fourth-order valence-electron chi connectivity index (χ4n) is 2.68. The molecular weight excluding hydrogens is 305 g/mol. The summed E-state index contributed by atoms with van der Waals surface area (Å²) in [5.74, 6) is -0.876. The third kappa shape index (κ3) is 3.61. The molecule has 0 atom stereocenters. The van der Waals surface area contributed by atoms with Crippen LogP contribution < -0.4 is 5.32 Å². The third-order valence-corrected chi connectivity index (χ3v) is 3.94. The lowest BCUT2D eigenvalue weighted by atomic mass is 10.0. The van der Waals surface area contributed by atoms with Crippen LogP contribution in [0.1, 0.15) is 11.1 Å². The molecule has 0 bridgehead atoms. The van der Waals surface area contributed by atoms with E-state index in [4.69, 9.17) is 0 Å². The van der Waals surface area contributed by atoms with Crippen molar-refractivity contribution in [2.24, 2.45) is 0 Å². The van der Waals surface area contributed by atoms with Crippen LogP contribution in [0.2, 0.25) is 0 Å². The topological polar surface area (TPSA) is 56.1 Å². The summed E-state index contributed by atoms with van der Waals surface area (Å²) in [7, 11) is 0. The van der Waals surface area contributed by atoms with Crippen LogP contribution in [0.5, 0.6) is 0 Å². The van der Waals surface area contributed by atoms with Crippen molar-refractivity contribution in [2.45, 2.75) is 13.0 Å². The zero-order valence-corrected chi connectivity index (χ0v) is 13.0. The van der Waals surface area contributed by atoms with Crippen LogP contribution in [0.3, 0.4) is 0 Å². The van der Waals surface area contributed by atoms with Gasteiger partial charge in [0.05, 0.1) is 0 Å². The van der Waals surface area contributed by atoms with Gasteiger partial charge in [-0.25, -0.2) is 4.39 Å². The molecule has 0 aromatic heterocycles. The largest absolute Gasteiger partial charge is 0.371 e. The Hall–Kier alpha value is -3.13. The Morgan fingerprint density at radius 2 is 1.88 bits per heavy atom. The first-order valence-corrected chi connectivity index (χ1v) is 7.65. The first-order valence-electron chi connectivity index (χ1n) is 7.65. The molecule has 0 spiro atoms. The molecule has 1 N–H and O–H groups in total. The quantitative estimate of drug-likeness (QED) is 0.697. The van der Waals surface area contributed by atoms with E-state index in [9.17, 15) is 14.4 Å². The van der Waals surface area contributed by atoms with Gasteiger partial charge in [0.1, 0.15) is 17.5 Å². The lowest BCUT2D eigenvalue weighted by molar-refractivity contribution is -0.112. The Kier molecular flexibility index (Phi) is 4.57. The molecule has 1 heterocycles. The van der Waals surface area contributed by atoms with Crippen molar-refractivity contribution in [3.05, 3.63) is 77.2 Å². The van der Waals surface area contributed by atoms with Gasteiger partial charge < -0.3 is 10.2 Å². The van der Waals surface area contributed by atoms with E-state index >= 15 is 0 Å². The van der Waals surface area contributed by atoms with Crippen molar-refractivity contribution in [3.8, 4) is 6.07 Å². The van der Waals surface area contributed by atoms with Crippen molar-refractivity contribution in [1.29, 1.82) is 5.26 Å². The summed E-state index contributed by atoms with van der Waals surface area (Å²) in [4.78, 5) is 14.2. The zero-order valence-electron chi connectivity index (χ0n) is 13.0. The lowest BCUT2D eigenvalue weighted by Gasteiger charge is -2.27. The number of hydrogen-bond donors (Lipinski definition) is 1. The molecular formula is C19H16FN3O. The predicted octanol–water partition coefficient (Wildman–Crippen LogP) is 3.23. The van der Waals surface area contributed by atoms with Gasteiger partial charge >= 0.3 is 0 Å². The molecule has 0 fully saturated rings. The molecule has 3 rings (SSSR count). The van der Waals surface area contributed by atoms with Crippen molar-refractivity contribution in [1.82, 2.24) is 4.90 Å². The minimum atomic E-state index is -0.497. The summed E-state index contributed by atoms with van der Waals surface area (Å²) in [6, 6.07) is 15.5. The second kappa shape index (κ2) is 6.97. The fourth-order valence-corrected chi connectivity index (χ4v) is 2.68. The highest BCUT2D eigenvalue weighted by Gasteiger charge is 2.16. The number of hydrogen-bond acceptors (Lipinski definition) is 3. The Morgan fingerprint density at radius 3 is 2.58 bits per heavy atom. The molecule has 4 nitrogen and oxygen atoms in total. The van der Waals surface area contributed by atoms with Crippen LogP contribution in [-0.4, -0.2) is 17.4 Å². The maximum atomic E-state index is 12.9. The number of nitrogens with zero attached hydrogens (tertiary/aromatic N) is 2. The number of rotatable bonds is 3. The van der Waals surface area contributed by atoms with Gasteiger partial charge in [-0.2, -0.15) is 5.26 Å². The number of halogens is 1. The smallest absolute Gasteiger partial charge is 0.267 e. The zero-order chi connectivity index (χ0) is 16.9. The second-order valence-corrected chi connectivity index (χ2v) is 5.60. The fraction of sp³-hybridized carbons (Fsp3) is 0.158. The van der Waals surface area contributed by atoms with Crippen molar-refractivity contribution < 1.29 is 9.18 Å². The molecule has 2 aromatic carbocycles. The number of amides is 1. The molecule has 0 saturated carbocycles. The van der Waals surface area contributed by atoms with E-state index in [-0.39, 0.29) is 11.4 Å². The van der Waals surface area contributed by atoms with Crippen molar-refractivity contribution in [3.63, 3.8) is 0 Å². The van der Waals surface area contributed by atoms with Gasteiger partial charge in [0.2, 0.25) is 0 Å². The Labute approximate surface area is 139 Å². The molecule has 0 unspecified atom stereocenters. The molecule has 120 valence electrons. The molecule has 24 heavy (non-hydrogen) atoms. The van der Waals surface area contributed by atoms with Gasteiger partial charge in [0, 0.05) is 25.0 Å². The van der Waals surface area contributed by atoms with E-state index in [2.05, 4.69) is 17.4 Å². The van der Waals surface area contributed by atoms with E-state index in [1.165, 1.54) is 35.4 Å². The van der Waals surface area contributed by atoms with Crippen LogP contribution in [0.4, 0.5) is 10.1 Å². The van der Waals surface area contributed by atoms with Crippen molar-refractivity contribution >= 4 is 11.6 Å². The molecule has 1 amide bonds. The highest BCUT2D eigenvalue weighted by atomic mass is 19.1. The lowest BCUT2D eigenvalue weighted by Crippen LogP contribution is -2.27. The summed E-state index contributed by atoms with van der Waals surface area (Å²) in [5.41, 5.74) is 2.98. The maximum Gasteiger partial charge on any atom is 0.267 e. The Morgan fingerprint density at radius 1 is 1.17 bits per heavy atom. The van der Waals surface area contributed by atoms with E-state index < -0.39 is 5.91 Å². The monoisotopic (exact) mass is 321 g/mol. The van der Waals surface area contributed by atoms with Crippen LogP contribution in [0.25, 0.3) is 0 Å². The van der Waals surface area contributed by atoms with E-state index in [1.807, 2.05) is 23.1 Å². The number of benzene rings is 2. The second-order valence-electron chi connectivity index (χ2n) is 5.60. The van der Waals surface area contributed by atoms with Gasteiger partial charge in [-0.3, -0.25) is 4.79 Å². The van der Waals surface area contributed by atoms with E-state index in [0.29, 0.717) is 12.2 Å². The van der Waals surface area contributed by atoms with Crippen LogP contribution in [0, 0.1) is 17.1 Å².